The van der Waals surface area contributed by atoms with Gasteiger partial charge in [0.05, 0.1) is 0 Å². The number of unbranched alkanes of at least 4 members (excludes halogenated alkanes) is 1. The van der Waals surface area contributed by atoms with E-state index in [1.807, 2.05) is 0 Å². The van der Waals surface area contributed by atoms with Crippen LogP contribution in [0.15, 0.2) is 0 Å². The van der Waals surface area contributed by atoms with Gasteiger partial charge in [-0.1, -0.05) is 6.42 Å². The molecule has 0 aromatic heterocycles. The predicted octanol–water partition coefficient (Wildman–Crippen LogP) is -9.20. The summed E-state index contributed by atoms with van der Waals surface area (Å²) in [4.78, 5) is 29.1. The second-order valence-corrected chi connectivity index (χ2v) is 3.47. The van der Waals surface area contributed by atoms with Gasteiger partial charge in [-0.05, 0) is 32.2 Å². The van der Waals surface area contributed by atoms with Gasteiger partial charge >= 0.3 is 43.7 Å². The first-order valence-electron chi connectivity index (χ1n) is 5.39. The first-order valence-corrected chi connectivity index (χ1v) is 5.39. The van der Waals surface area contributed by atoms with Crippen molar-refractivity contribution in [2.75, 3.05) is 6.54 Å². The molecule has 0 aromatic rings. The van der Waals surface area contributed by atoms with Crippen molar-refractivity contribution >= 4 is 17.9 Å². The van der Waals surface area contributed by atoms with Crippen LogP contribution in [0.1, 0.15) is 32.1 Å². The van der Waals surface area contributed by atoms with Crippen LogP contribution in [0.4, 0.5) is 0 Å². The van der Waals surface area contributed by atoms with Gasteiger partial charge in [0.15, 0.2) is 0 Å². The van der Waals surface area contributed by atoms with E-state index >= 15 is 0 Å². The molecule has 10 heteroatoms. The summed E-state index contributed by atoms with van der Waals surface area (Å²) < 4.78 is 0. The van der Waals surface area contributed by atoms with Crippen molar-refractivity contribution in [3.05, 3.63) is 0 Å². The normalized spacial score (nSPS) is 9.90. The SMILES string of the molecule is NCCCC[C@H](N)C(=O)O.O=C([O-])CCC(=O)[O-].[Li+].[Li+]. The number of hydrogen-bond donors (Lipinski definition) is 3. The van der Waals surface area contributed by atoms with Gasteiger partial charge in [-0.25, -0.2) is 0 Å². The number of aliphatic carboxylic acids is 3. The monoisotopic (exact) mass is 276 g/mol. The fourth-order valence-corrected chi connectivity index (χ4v) is 0.836. The molecule has 106 valence electrons. The second kappa shape index (κ2) is 18.5. The van der Waals surface area contributed by atoms with E-state index in [4.69, 9.17) is 16.6 Å². The Morgan fingerprint density at radius 1 is 1.00 bits per heavy atom. The maximum Gasteiger partial charge on any atom is 1.00 e. The average molecular weight is 276 g/mol. The third kappa shape index (κ3) is 26.2. The maximum atomic E-state index is 10.1. The molecule has 0 aliphatic rings. The van der Waals surface area contributed by atoms with E-state index in [1.165, 1.54) is 0 Å². The van der Waals surface area contributed by atoms with Crippen molar-refractivity contribution in [1.29, 1.82) is 0 Å². The molecule has 0 saturated heterocycles. The molecule has 0 saturated carbocycles. The topological polar surface area (TPSA) is 170 Å². The van der Waals surface area contributed by atoms with Crippen LogP contribution in [0, 0.1) is 0 Å². The van der Waals surface area contributed by atoms with Crippen LogP contribution in [0.3, 0.4) is 0 Å². The fraction of sp³-hybridized carbons (Fsp3) is 0.700. The zero-order chi connectivity index (χ0) is 14.6. The van der Waals surface area contributed by atoms with Crippen molar-refractivity contribution < 1.29 is 67.4 Å². The summed E-state index contributed by atoms with van der Waals surface area (Å²) in [5, 5.41) is 27.3. The number of carbonyl (C=O) groups is 3. The summed E-state index contributed by atoms with van der Waals surface area (Å²) in [6.45, 7) is 0.604. The Morgan fingerprint density at radius 3 is 1.65 bits per heavy atom. The molecule has 0 amide bonds. The van der Waals surface area contributed by atoms with Crippen LogP contribution in [-0.2, 0) is 14.4 Å². The Hall–Kier alpha value is -0.475. The summed E-state index contributed by atoms with van der Waals surface area (Å²) in [5.41, 5.74) is 10.4. The van der Waals surface area contributed by atoms with E-state index in [-0.39, 0.29) is 37.7 Å². The van der Waals surface area contributed by atoms with Crippen molar-refractivity contribution in [2.45, 2.75) is 38.1 Å². The van der Waals surface area contributed by atoms with Gasteiger partial charge in [0.2, 0.25) is 0 Å². The van der Waals surface area contributed by atoms with Crippen LogP contribution in [-0.4, -0.2) is 35.6 Å². The largest absolute Gasteiger partial charge is 1.00 e. The molecule has 0 aliphatic carbocycles. The molecule has 1 atom stereocenters. The molecule has 0 fully saturated rings. The molecule has 0 radical (unpaired) electrons. The summed E-state index contributed by atoms with van der Waals surface area (Å²) in [6, 6.07) is -0.716. The van der Waals surface area contributed by atoms with Crippen LogP contribution in [0.2, 0.25) is 0 Å². The Bertz CT molecular complexity index is 264. The first-order chi connectivity index (χ1) is 8.31. The molecule has 20 heavy (non-hydrogen) atoms. The molecular formula is C10H18Li2N2O6. The standard InChI is InChI=1S/C6H14N2O2.C4H6O4.2Li/c7-4-2-1-3-5(8)6(9)10;5-3(6)1-2-4(7)8;;/h5H,1-4,7-8H2,(H,9,10);1-2H2,(H,5,6)(H,7,8);;/q;;2*+1/p-2/t5-;;;/m0.../s1. The van der Waals surface area contributed by atoms with E-state index in [9.17, 15) is 24.6 Å². The minimum atomic E-state index is -1.37. The smallest absolute Gasteiger partial charge is 0.550 e. The number of rotatable bonds is 8. The Balaban J connectivity index is -0.000000119. The molecule has 0 bridgehead atoms. The molecule has 0 aliphatic heterocycles. The van der Waals surface area contributed by atoms with E-state index in [2.05, 4.69) is 0 Å². The molecule has 0 heterocycles. The number of nitrogens with two attached hydrogens (primary N) is 2. The summed E-state index contributed by atoms with van der Waals surface area (Å²) in [6.07, 6.45) is 1.22. The van der Waals surface area contributed by atoms with Crippen LogP contribution in [0.5, 0.6) is 0 Å². The van der Waals surface area contributed by atoms with Crippen molar-refractivity contribution in [3.63, 3.8) is 0 Å². The van der Waals surface area contributed by atoms with E-state index in [0.717, 1.165) is 12.8 Å². The average Bonchev–Trinajstić information content (AvgIpc) is 2.27. The second-order valence-electron chi connectivity index (χ2n) is 3.47. The Labute approximate surface area is 141 Å². The Kier molecular flexibility index (Phi) is 25.7. The first kappa shape index (κ1) is 27.8. The predicted molar refractivity (Wildman–Crippen MR) is 57.8 cm³/mol. The zero-order valence-corrected chi connectivity index (χ0v) is 12.0. The molecule has 8 nitrogen and oxygen atoms in total. The van der Waals surface area contributed by atoms with Gasteiger partial charge in [-0.3, -0.25) is 4.79 Å². The van der Waals surface area contributed by atoms with Crippen LogP contribution in [0.25, 0.3) is 0 Å². The minimum Gasteiger partial charge on any atom is -0.550 e. The number of hydrogen-bond acceptors (Lipinski definition) is 7. The fourth-order valence-electron chi connectivity index (χ4n) is 0.836. The zero-order valence-electron chi connectivity index (χ0n) is 12.0. The van der Waals surface area contributed by atoms with Gasteiger partial charge in [0.1, 0.15) is 6.04 Å². The third-order valence-corrected chi connectivity index (χ3v) is 1.82. The number of carbonyl (C=O) groups excluding carboxylic acids is 2. The molecule has 5 N–H and O–H groups in total. The minimum absolute atomic E-state index is 0. The van der Waals surface area contributed by atoms with E-state index < -0.39 is 36.8 Å². The molecule has 0 unspecified atom stereocenters. The quantitative estimate of drug-likeness (QED) is 0.290. The van der Waals surface area contributed by atoms with Gasteiger partial charge in [-0.2, -0.15) is 0 Å². The van der Waals surface area contributed by atoms with Crippen molar-refractivity contribution in [3.8, 4) is 0 Å². The molecule has 0 spiro atoms. The van der Waals surface area contributed by atoms with E-state index in [0.29, 0.717) is 13.0 Å². The van der Waals surface area contributed by atoms with Gasteiger partial charge in [-0.15, -0.1) is 0 Å². The third-order valence-electron chi connectivity index (χ3n) is 1.82. The van der Waals surface area contributed by atoms with Gasteiger partial charge in [0, 0.05) is 11.9 Å². The summed E-state index contributed by atoms with van der Waals surface area (Å²) >= 11 is 0. The van der Waals surface area contributed by atoms with Crippen molar-refractivity contribution in [2.24, 2.45) is 11.5 Å². The maximum absolute atomic E-state index is 10.1. The Morgan fingerprint density at radius 2 is 1.40 bits per heavy atom. The van der Waals surface area contributed by atoms with Gasteiger partial charge in [0.25, 0.3) is 0 Å². The summed E-state index contributed by atoms with van der Waals surface area (Å²) in [5.74, 6) is -3.67. The molecular weight excluding hydrogens is 258 g/mol. The van der Waals surface area contributed by atoms with Crippen molar-refractivity contribution in [1.82, 2.24) is 0 Å². The number of carboxylic acid groups (broad SMARTS) is 3. The van der Waals surface area contributed by atoms with E-state index in [1.54, 1.807) is 0 Å². The number of carboxylic acids is 3. The van der Waals surface area contributed by atoms with Crippen LogP contribution >= 0.6 is 0 Å². The summed E-state index contributed by atoms with van der Waals surface area (Å²) in [7, 11) is 0. The molecule has 0 aromatic carbocycles. The molecule has 0 rings (SSSR count). The van der Waals surface area contributed by atoms with Crippen LogP contribution < -0.4 is 59.4 Å². The van der Waals surface area contributed by atoms with Gasteiger partial charge < -0.3 is 36.4 Å².